The van der Waals surface area contributed by atoms with E-state index in [-0.39, 0.29) is 28.7 Å². The second-order valence-corrected chi connectivity index (χ2v) is 13.1. The average molecular weight is 610 g/mol. The zero-order chi connectivity index (χ0) is 30.2. The second kappa shape index (κ2) is 11.6. The lowest BCUT2D eigenvalue weighted by Crippen LogP contribution is -2.50. The van der Waals surface area contributed by atoms with Crippen LogP contribution >= 0.6 is 23.2 Å². The Labute approximate surface area is 255 Å². The van der Waals surface area contributed by atoms with Gasteiger partial charge in [-0.3, -0.25) is 9.59 Å². The van der Waals surface area contributed by atoms with Crippen LogP contribution in [0, 0.1) is 24.7 Å². The first-order chi connectivity index (χ1) is 19.9. The standard InChI is InChI=1S/C32H34Cl2N4O4/c1-18-25(27(37-41-18)21-10-6-8-12-23(21)33)29(39)35-17-32(5)15-20(14-31(3,4)16-32)36-30(40)26-19(2)42-38-28(26)22-11-7-9-13-24(22)34/h6-13,20H,14-17H2,1-5H3,(H,35,39)(H,36,40). The maximum Gasteiger partial charge on any atom is 0.257 e. The molecule has 0 bridgehead atoms. The van der Waals surface area contributed by atoms with Crippen LogP contribution in [0.4, 0.5) is 0 Å². The van der Waals surface area contributed by atoms with Crippen molar-refractivity contribution in [1.29, 1.82) is 0 Å². The Morgan fingerprint density at radius 1 is 0.833 bits per heavy atom. The number of hydrogen-bond donors (Lipinski definition) is 2. The molecule has 2 unspecified atom stereocenters. The Morgan fingerprint density at radius 3 is 1.86 bits per heavy atom. The Kier molecular flexibility index (Phi) is 8.23. The number of aromatic nitrogens is 2. The fourth-order valence-electron chi connectivity index (χ4n) is 6.46. The first kappa shape index (κ1) is 29.9. The van der Waals surface area contributed by atoms with E-state index in [1.807, 2.05) is 36.4 Å². The number of rotatable bonds is 7. The van der Waals surface area contributed by atoms with Gasteiger partial charge in [0.1, 0.15) is 34.0 Å². The molecule has 4 aromatic rings. The molecule has 0 spiro atoms. The van der Waals surface area contributed by atoms with E-state index < -0.39 is 0 Å². The van der Waals surface area contributed by atoms with Gasteiger partial charge in [-0.05, 0) is 56.1 Å². The number of carbonyl (C=O) groups excluding carboxylic acids is 2. The van der Waals surface area contributed by atoms with Gasteiger partial charge < -0.3 is 19.7 Å². The van der Waals surface area contributed by atoms with Crippen molar-refractivity contribution >= 4 is 35.0 Å². The summed E-state index contributed by atoms with van der Waals surface area (Å²) in [5.41, 5.74) is 2.46. The fourth-order valence-corrected chi connectivity index (χ4v) is 6.91. The van der Waals surface area contributed by atoms with Gasteiger partial charge in [0, 0.05) is 23.7 Å². The Hall–Kier alpha value is -3.62. The van der Waals surface area contributed by atoms with Crippen LogP contribution in [0.1, 0.15) is 72.3 Å². The van der Waals surface area contributed by atoms with Crippen molar-refractivity contribution in [2.75, 3.05) is 6.54 Å². The van der Waals surface area contributed by atoms with Crippen molar-refractivity contribution in [3.63, 3.8) is 0 Å². The normalized spacial score (nSPS) is 19.8. The molecule has 2 amide bonds. The van der Waals surface area contributed by atoms with Gasteiger partial charge >= 0.3 is 0 Å². The molecule has 8 nitrogen and oxygen atoms in total. The van der Waals surface area contributed by atoms with Crippen LogP contribution in [-0.2, 0) is 0 Å². The molecule has 220 valence electrons. The predicted octanol–water partition coefficient (Wildman–Crippen LogP) is 7.67. The Balaban J connectivity index is 1.33. The zero-order valence-electron chi connectivity index (χ0n) is 24.3. The lowest BCUT2D eigenvalue weighted by Gasteiger charge is -2.47. The molecule has 5 rings (SSSR count). The average Bonchev–Trinajstić information content (AvgIpc) is 3.49. The highest BCUT2D eigenvalue weighted by molar-refractivity contribution is 6.33. The minimum atomic E-state index is -0.291. The van der Waals surface area contributed by atoms with Gasteiger partial charge in [0.05, 0.1) is 10.0 Å². The van der Waals surface area contributed by atoms with Crippen LogP contribution < -0.4 is 10.6 Å². The van der Waals surface area contributed by atoms with Crippen molar-refractivity contribution < 1.29 is 18.6 Å². The summed E-state index contributed by atoms with van der Waals surface area (Å²) < 4.78 is 10.8. The molecule has 1 aliphatic carbocycles. The molecule has 0 aliphatic heterocycles. The van der Waals surface area contributed by atoms with E-state index in [4.69, 9.17) is 32.2 Å². The summed E-state index contributed by atoms with van der Waals surface area (Å²) >= 11 is 12.8. The molecule has 2 aromatic heterocycles. The number of halogens is 2. The third-order valence-electron chi connectivity index (χ3n) is 7.89. The number of carbonyl (C=O) groups is 2. The van der Waals surface area contributed by atoms with Crippen molar-refractivity contribution in [2.45, 2.75) is 59.9 Å². The van der Waals surface area contributed by atoms with Gasteiger partial charge in [-0.15, -0.1) is 0 Å². The topological polar surface area (TPSA) is 110 Å². The van der Waals surface area contributed by atoms with Gasteiger partial charge in [-0.2, -0.15) is 0 Å². The molecule has 2 heterocycles. The number of hydrogen-bond acceptors (Lipinski definition) is 6. The van der Waals surface area contributed by atoms with E-state index in [9.17, 15) is 9.59 Å². The van der Waals surface area contributed by atoms with Crippen LogP contribution in [-0.4, -0.2) is 34.7 Å². The molecule has 2 atom stereocenters. The molecule has 1 saturated carbocycles. The molecule has 10 heteroatoms. The first-order valence-electron chi connectivity index (χ1n) is 13.9. The van der Waals surface area contributed by atoms with E-state index in [2.05, 4.69) is 41.7 Å². The summed E-state index contributed by atoms with van der Waals surface area (Å²) in [4.78, 5) is 27.1. The van der Waals surface area contributed by atoms with Crippen molar-refractivity contribution in [2.24, 2.45) is 10.8 Å². The Bertz CT molecular complexity index is 1640. The largest absolute Gasteiger partial charge is 0.360 e. The first-order valence-corrected chi connectivity index (χ1v) is 14.6. The van der Waals surface area contributed by atoms with Gasteiger partial charge in [0.15, 0.2) is 0 Å². The summed E-state index contributed by atoms with van der Waals surface area (Å²) in [7, 11) is 0. The van der Waals surface area contributed by atoms with E-state index >= 15 is 0 Å². The molecule has 1 aliphatic rings. The highest BCUT2D eigenvalue weighted by atomic mass is 35.5. The summed E-state index contributed by atoms with van der Waals surface area (Å²) in [5, 5.41) is 15.6. The SMILES string of the molecule is Cc1onc(-c2ccccc2Cl)c1C(=O)NCC1(C)CC(NC(=O)c2c(-c3ccccc3Cl)noc2C)CC(C)(C)C1. The molecular weight excluding hydrogens is 575 g/mol. The number of aryl methyl sites for hydroxylation is 2. The van der Waals surface area contributed by atoms with E-state index in [0.717, 1.165) is 12.8 Å². The second-order valence-electron chi connectivity index (χ2n) is 12.3. The zero-order valence-corrected chi connectivity index (χ0v) is 25.8. The van der Waals surface area contributed by atoms with E-state index in [1.54, 1.807) is 26.0 Å². The van der Waals surface area contributed by atoms with E-state index in [0.29, 0.717) is 68.2 Å². The molecule has 0 radical (unpaired) electrons. The maximum atomic E-state index is 13.6. The summed E-state index contributed by atoms with van der Waals surface area (Å²) in [5.74, 6) is 0.298. The highest BCUT2D eigenvalue weighted by Gasteiger charge is 2.42. The lowest BCUT2D eigenvalue weighted by atomic mass is 9.62. The summed E-state index contributed by atoms with van der Waals surface area (Å²) in [6.07, 6.45) is 2.33. The molecule has 1 fully saturated rings. The van der Waals surface area contributed by atoms with Crippen molar-refractivity contribution in [1.82, 2.24) is 20.9 Å². The third kappa shape index (κ3) is 6.10. The van der Waals surface area contributed by atoms with Crippen LogP contribution in [0.25, 0.3) is 22.5 Å². The van der Waals surface area contributed by atoms with Crippen LogP contribution in [0.5, 0.6) is 0 Å². The van der Waals surface area contributed by atoms with E-state index in [1.165, 1.54) is 0 Å². The van der Waals surface area contributed by atoms with Gasteiger partial charge in [0.25, 0.3) is 11.8 Å². The molecule has 42 heavy (non-hydrogen) atoms. The number of amides is 2. The summed E-state index contributed by atoms with van der Waals surface area (Å²) in [6, 6.07) is 14.3. The fraction of sp³-hybridized carbons (Fsp3) is 0.375. The lowest BCUT2D eigenvalue weighted by molar-refractivity contribution is 0.0591. The summed E-state index contributed by atoms with van der Waals surface area (Å²) in [6.45, 7) is 10.4. The van der Waals surface area contributed by atoms with Gasteiger partial charge in [0.2, 0.25) is 0 Å². The maximum absolute atomic E-state index is 13.6. The Morgan fingerprint density at radius 2 is 1.33 bits per heavy atom. The minimum absolute atomic E-state index is 0.0826. The predicted molar refractivity (Wildman–Crippen MR) is 163 cm³/mol. The third-order valence-corrected chi connectivity index (χ3v) is 8.55. The molecule has 2 aromatic carbocycles. The van der Waals surface area contributed by atoms with Gasteiger partial charge in [-0.25, -0.2) is 0 Å². The molecule has 0 saturated heterocycles. The molecule has 2 N–H and O–H groups in total. The van der Waals surface area contributed by atoms with Crippen LogP contribution in [0.15, 0.2) is 57.6 Å². The number of nitrogens with zero attached hydrogens (tertiary/aromatic N) is 2. The van der Waals surface area contributed by atoms with Gasteiger partial charge in [-0.1, -0.05) is 90.7 Å². The van der Waals surface area contributed by atoms with Crippen molar-refractivity contribution in [3.05, 3.63) is 81.2 Å². The number of nitrogens with one attached hydrogen (secondary N) is 2. The van der Waals surface area contributed by atoms with Crippen LogP contribution in [0.2, 0.25) is 10.0 Å². The van der Waals surface area contributed by atoms with Crippen LogP contribution in [0.3, 0.4) is 0 Å². The highest BCUT2D eigenvalue weighted by Crippen LogP contribution is 2.46. The monoisotopic (exact) mass is 608 g/mol. The minimum Gasteiger partial charge on any atom is -0.360 e. The van der Waals surface area contributed by atoms with Crippen molar-refractivity contribution in [3.8, 4) is 22.5 Å². The number of benzene rings is 2. The quantitative estimate of drug-likeness (QED) is 0.223. The molecular formula is C32H34Cl2N4O4. The smallest absolute Gasteiger partial charge is 0.257 e.